The maximum absolute atomic E-state index is 11.1. The lowest BCUT2D eigenvalue weighted by Gasteiger charge is -2.15. The zero-order chi connectivity index (χ0) is 9.56. The Morgan fingerprint density at radius 2 is 1.92 bits per heavy atom. The van der Waals surface area contributed by atoms with Crippen molar-refractivity contribution in [1.82, 2.24) is 4.31 Å². The van der Waals surface area contributed by atoms with Crippen molar-refractivity contribution < 1.29 is 9.53 Å². The summed E-state index contributed by atoms with van der Waals surface area (Å²) in [5.41, 5.74) is 0. The van der Waals surface area contributed by atoms with Crippen molar-refractivity contribution in [2.45, 2.75) is 33.8 Å². The van der Waals surface area contributed by atoms with E-state index in [0.29, 0.717) is 0 Å². The summed E-state index contributed by atoms with van der Waals surface area (Å²) in [6.45, 7) is 9.43. The van der Waals surface area contributed by atoms with Crippen LogP contribution in [0.5, 0.6) is 0 Å². The molecule has 72 valence electrons. The SMILES string of the molecule is CCN(CC)SC(=O)OC(C)C. The molecule has 0 bridgehead atoms. The Morgan fingerprint density at radius 3 is 2.25 bits per heavy atom. The molecule has 0 fully saturated rings. The number of hydrogen-bond acceptors (Lipinski definition) is 4. The average Bonchev–Trinajstić information content (AvgIpc) is 1.98. The van der Waals surface area contributed by atoms with Gasteiger partial charge < -0.3 is 4.74 Å². The Morgan fingerprint density at radius 1 is 1.42 bits per heavy atom. The van der Waals surface area contributed by atoms with Crippen LogP contribution in [-0.4, -0.2) is 28.8 Å². The topological polar surface area (TPSA) is 29.5 Å². The van der Waals surface area contributed by atoms with E-state index in [4.69, 9.17) is 4.74 Å². The lowest BCUT2D eigenvalue weighted by Crippen LogP contribution is -2.18. The second-order valence-corrected chi connectivity index (χ2v) is 3.65. The highest BCUT2D eigenvalue weighted by atomic mass is 32.2. The standard InChI is InChI=1S/C8H17NO2S/c1-5-9(6-2)12-8(10)11-7(3)4/h7H,5-6H2,1-4H3. The van der Waals surface area contributed by atoms with Gasteiger partial charge in [-0.1, -0.05) is 13.8 Å². The van der Waals surface area contributed by atoms with Crippen molar-refractivity contribution in [1.29, 1.82) is 0 Å². The van der Waals surface area contributed by atoms with Gasteiger partial charge in [-0.3, -0.25) is 0 Å². The Kier molecular flexibility index (Phi) is 6.20. The molecule has 0 spiro atoms. The molecule has 0 radical (unpaired) electrons. The van der Waals surface area contributed by atoms with Crippen LogP contribution in [-0.2, 0) is 4.74 Å². The smallest absolute Gasteiger partial charge is 0.382 e. The molecule has 4 heteroatoms. The molecule has 0 heterocycles. The van der Waals surface area contributed by atoms with Crippen LogP contribution in [0, 0.1) is 0 Å². The molecular weight excluding hydrogens is 174 g/mol. The lowest BCUT2D eigenvalue weighted by molar-refractivity contribution is 0.142. The molecule has 0 aliphatic heterocycles. The van der Waals surface area contributed by atoms with E-state index in [2.05, 4.69) is 0 Å². The minimum Gasteiger partial charge on any atom is -0.454 e. The van der Waals surface area contributed by atoms with Crippen LogP contribution >= 0.6 is 11.9 Å². The van der Waals surface area contributed by atoms with E-state index in [1.165, 1.54) is 0 Å². The van der Waals surface area contributed by atoms with Gasteiger partial charge in [0.05, 0.1) is 6.10 Å². The molecule has 0 amide bonds. The molecule has 0 atom stereocenters. The van der Waals surface area contributed by atoms with E-state index < -0.39 is 0 Å². The van der Waals surface area contributed by atoms with Gasteiger partial charge in [-0.25, -0.2) is 9.10 Å². The highest BCUT2D eigenvalue weighted by molar-refractivity contribution is 8.11. The van der Waals surface area contributed by atoms with E-state index in [1.807, 2.05) is 32.0 Å². The quantitative estimate of drug-likeness (QED) is 0.504. The van der Waals surface area contributed by atoms with Crippen LogP contribution < -0.4 is 0 Å². The largest absolute Gasteiger partial charge is 0.454 e. The van der Waals surface area contributed by atoms with Gasteiger partial charge in [-0.2, -0.15) is 0 Å². The first-order valence-corrected chi connectivity index (χ1v) is 5.01. The molecular formula is C8H17NO2S. The van der Waals surface area contributed by atoms with Crippen molar-refractivity contribution in [3.63, 3.8) is 0 Å². The van der Waals surface area contributed by atoms with Gasteiger partial charge in [-0.15, -0.1) is 0 Å². The molecule has 0 N–H and O–H groups in total. The summed E-state index contributed by atoms with van der Waals surface area (Å²) in [5.74, 6) is 0. The van der Waals surface area contributed by atoms with Crippen LogP contribution in [0.4, 0.5) is 4.79 Å². The molecule has 0 aromatic rings. The molecule has 0 rings (SSSR count). The van der Waals surface area contributed by atoms with Crippen LogP contribution in [0.3, 0.4) is 0 Å². The van der Waals surface area contributed by atoms with E-state index in [-0.39, 0.29) is 11.4 Å². The van der Waals surface area contributed by atoms with Gasteiger partial charge in [0, 0.05) is 25.0 Å². The van der Waals surface area contributed by atoms with Crippen molar-refractivity contribution in [2.24, 2.45) is 0 Å². The molecule has 0 aliphatic carbocycles. The van der Waals surface area contributed by atoms with Crippen molar-refractivity contribution in [3.05, 3.63) is 0 Å². The first-order valence-electron chi connectivity index (χ1n) is 4.23. The van der Waals surface area contributed by atoms with Gasteiger partial charge in [0.1, 0.15) is 0 Å². The van der Waals surface area contributed by atoms with Gasteiger partial charge >= 0.3 is 5.30 Å². The summed E-state index contributed by atoms with van der Waals surface area (Å²) < 4.78 is 6.92. The summed E-state index contributed by atoms with van der Waals surface area (Å²) in [5, 5.41) is -0.214. The van der Waals surface area contributed by atoms with E-state index in [0.717, 1.165) is 25.0 Å². The maximum atomic E-state index is 11.1. The highest BCUT2D eigenvalue weighted by Gasteiger charge is 2.10. The fourth-order valence-corrected chi connectivity index (χ4v) is 1.38. The van der Waals surface area contributed by atoms with Crippen LogP contribution in [0.2, 0.25) is 0 Å². The zero-order valence-electron chi connectivity index (χ0n) is 8.16. The third-order valence-corrected chi connectivity index (χ3v) is 2.26. The summed E-state index contributed by atoms with van der Waals surface area (Å²) in [4.78, 5) is 11.1. The number of carbonyl (C=O) groups excluding carboxylic acids is 1. The van der Waals surface area contributed by atoms with Crippen molar-refractivity contribution in [3.8, 4) is 0 Å². The summed E-state index contributed by atoms with van der Waals surface area (Å²) in [7, 11) is 0. The Hall–Kier alpha value is -0.220. The number of rotatable bonds is 4. The number of nitrogens with zero attached hydrogens (tertiary/aromatic N) is 1. The Bertz CT molecular complexity index is 135. The monoisotopic (exact) mass is 191 g/mol. The van der Waals surface area contributed by atoms with E-state index in [1.54, 1.807) is 0 Å². The molecule has 0 saturated carbocycles. The molecule has 3 nitrogen and oxygen atoms in total. The molecule has 0 aromatic carbocycles. The molecule has 0 saturated heterocycles. The summed E-state index contributed by atoms with van der Waals surface area (Å²) in [6.07, 6.45) is -0.0273. The summed E-state index contributed by atoms with van der Waals surface area (Å²) >= 11 is 1.15. The second kappa shape index (κ2) is 6.31. The molecule has 0 aliphatic rings. The van der Waals surface area contributed by atoms with Crippen molar-refractivity contribution >= 4 is 17.2 Å². The number of hydrogen-bond donors (Lipinski definition) is 0. The minimum atomic E-state index is -0.214. The maximum Gasteiger partial charge on any atom is 0.382 e. The second-order valence-electron chi connectivity index (χ2n) is 2.62. The first-order chi connectivity index (χ1) is 5.60. The zero-order valence-corrected chi connectivity index (χ0v) is 8.98. The normalized spacial score (nSPS) is 10.8. The van der Waals surface area contributed by atoms with Gasteiger partial charge in [0.15, 0.2) is 0 Å². The molecule has 0 aromatic heterocycles. The number of carbonyl (C=O) groups is 1. The average molecular weight is 191 g/mol. The van der Waals surface area contributed by atoms with Crippen LogP contribution in [0.25, 0.3) is 0 Å². The van der Waals surface area contributed by atoms with Gasteiger partial charge in [-0.05, 0) is 13.8 Å². The third kappa shape index (κ3) is 5.43. The van der Waals surface area contributed by atoms with Crippen molar-refractivity contribution in [2.75, 3.05) is 13.1 Å². The predicted octanol–water partition coefficient (Wildman–Crippen LogP) is 2.52. The Balaban J connectivity index is 3.66. The minimum absolute atomic E-state index is 0.0273. The lowest BCUT2D eigenvalue weighted by atomic mass is 10.5. The van der Waals surface area contributed by atoms with Gasteiger partial charge in [0.25, 0.3) is 0 Å². The summed E-state index contributed by atoms with van der Waals surface area (Å²) in [6, 6.07) is 0. The fraction of sp³-hybridized carbons (Fsp3) is 0.875. The van der Waals surface area contributed by atoms with E-state index >= 15 is 0 Å². The van der Waals surface area contributed by atoms with E-state index in [9.17, 15) is 4.79 Å². The predicted molar refractivity (Wildman–Crippen MR) is 52.1 cm³/mol. The van der Waals surface area contributed by atoms with Gasteiger partial charge in [0.2, 0.25) is 0 Å². The number of ether oxygens (including phenoxy) is 1. The Labute approximate surface area is 78.6 Å². The van der Waals surface area contributed by atoms with Crippen LogP contribution in [0.15, 0.2) is 0 Å². The van der Waals surface area contributed by atoms with Crippen LogP contribution in [0.1, 0.15) is 27.7 Å². The fourth-order valence-electron chi connectivity index (χ4n) is 0.672. The molecule has 12 heavy (non-hydrogen) atoms. The third-order valence-electron chi connectivity index (χ3n) is 1.24. The first kappa shape index (κ1) is 11.8. The highest BCUT2D eigenvalue weighted by Crippen LogP contribution is 2.12. The molecule has 0 unspecified atom stereocenters.